The first kappa shape index (κ1) is 9.78. The maximum atomic E-state index is 4.83. The van der Waals surface area contributed by atoms with E-state index in [0.717, 1.165) is 22.5 Å². The lowest BCUT2D eigenvalue weighted by Crippen LogP contribution is -1.83. The average Bonchev–Trinajstić information content (AvgIpc) is 2.90. The van der Waals surface area contributed by atoms with E-state index >= 15 is 0 Å². The zero-order chi connectivity index (χ0) is 11.5. The average molecular weight is 221 g/mol. The maximum Gasteiger partial charge on any atom is 0.143 e. The molecule has 0 fully saturated rings. The van der Waals surface area contributed by atoms with Crippen molar-refractivity contribution < 1.29 is 4.63 Å². The Morgan fingerprint density at radius 3 is 2.35 bits per heavy atom. The maximum absolute atomic E-state index is 4.83. The smallest absolute Gasteiger partial charge is 0.143 e. The molecule has 3 nitrogen and oxygen atoms in total. The van der Waals surface area contributed by atoms with Crippen LogP contribution in [0.1, 0.15) is 0 Å². The van der Waals surface area contributed by atoms with Gasteiger partial charge in [-0.25, -0.2) is 4.63 Å². The number of rotatable bonds is 2. The second-order valence-electron chi connectivity index (χ2n) is 3.60. The minimum atomic E-state index is 0.719. The molecule has 1 aromatic heterocycles. The van der Waals surface area contributed by atoms with Crippen LogP contribution in [-0.2, 0) is 0 Å². The fourth-order valence-electron chi connectivity index (χ4n) is 1.69. The Kier molecular flexibility index (Phi) is 2.43. The highest BCUT2D eigenvalue weighted by Crippen LogP contribution is 2.27. The SMILES string of the molecule is [c]1ccccc1-c1nonc1-c1ccccc1. The molecule has 1 heterocycles. The molecule has 0 atom stereocenters. The number of hydrogen-bond acceptors (Lipinski definition) is 3. The summed E-state index contributed by atoms with van der Waals surface area (Å²) in [5, 5.41) is 7.90. The van der Waals surface area contributed by atoms with Crippen molar-refractivity contribution in [2.45, 2.75) is 0 Å². The van der Waals surface area contributed by atoms with Crippen molar-refractivity contribution in [2.75, 3.05) is 0 Å². The molecule has 0 unspecified atom stereocenters. The van der Waals surface area contributed by atoms with Gasteiger partial charge in [-0.2, -0.15) is 0 Å². The normalized spacial score (nSPS) is 10.4. The van der Waals surface area contributed by atoms with E-state index in [-0.39, 0.29) is 0 Å². The van der Waals surface area contributed by atoms with Crippen molar-refractivity contribution in [1.29, 1.82) is 0 Å². The van der Waals surface area contributed by atoms with Crippen molar-refractivity contribution in [3.63, 3.8) is 0 Å². The van der Waals surface area contributed by atoms with Gasteiger partial charge in [-0.1, -0.05) is 54.6 Å². The minimum Gasteiger partial charge on any atom is -0.243 e. The van der Waals surface area contributed by atoms with Crippen molar-refractivity contribution in [2.24, 2.45) is 0 Å². The monoisotopic (exact) mass is 221 g/mol. The molecule has 0 N–H and O–H groups in total. The number of aromatic nitrogens is 2. The second-order valence-corrected chi connectivity index (χ2v) is 3.60. The first-order valence-electron chi connectivity index (χ1n) is 5.30. The van der Waals surface area contributed by atoms with E-state index in [1.165, 1.54) is 0 Å². The highest BCUT2D eigenvalue weighted by Gasteiger charge is 2.13. The van der Waals surface area contributed by atoms with E-state index in [1.807, 2.05) is 54.6 Å². The molecule has 3 rings (SSSR count). The summed E-state index contributed by atoms with van der Waals surface area (Å²) in [6, 6.07) is 20.6. The molecule has 0 saturated heterocycles. The van der Waals surface area contributed by atoms with Crippen LogP contribution in [0.25, 0.3) is 22.5 Å². The highest BCUT2D eigenvalue weighted by atomic mass is 16.6. The topological polar surface area (TPSA) is 38.9 Å². The van der Waals surface area contributed by atoms with E-state index in [9.17, 15) is 0 Å². The van der Waals surface area contributed by atoms with Gasteiger partial charge in [-0.15, -0.1) is 0 Å². The van der Waals surface area contributed by atoms with Gasteiger partial charge in [0.05, 0.1) is 0 Å². The van der Waals surface area contributed by atoms with Gasteiger partial charge in [0.2, 0.25) is 0 Å². The number of benzene rings is 2. The molecular formula is C14H9N2O. The summed E-state index contributed by atoms with van der Waals surface area (Å²) in [6.07, 6.45) is 0. The fraction of sp³-hybridized carbons (Fsp3) is 0. The van der Waals surface area contributed by atoms with Crippen molar-refractivity contribution in [3.05, 3.63) is 60.7 Å². The zero-order valence-electron chi connectivity index (χ0n) is 9.00. The van der Waals surface area contributed by atoms with Gasteiger partial charge in [0.1, 0.15) is 11.4 Å². The fourth-order valence-corrected chi connectivity index (χ4v) is 1.69. The molecule has 2 aromatic carbocycles. The van der Waals surface area contributed by atoms with Crippen LogP contribution in [0.5, 0.6) is 0 Å². The van der Waals surface area contributed by atoms with Gasteiger partial charge < -0.3 is 0 Å². The Morgan fingerprint density at radius 2 is 1.59 bits per heavy atom. The number of nitrogens with zero attached hydrogens (tertiary/aromatic N) is 2. The van der Waals surface area contributed by atoms with Gasteiger partial charge in [0.15, 0.2) is 0 Å². The van der Waals surface area contributed by atoms with Crippen LogP contribution in [0.2, 0.25) is 0 Å². The van der Waals surface area contributed by atoms with Gasteiger partial charge in [0, 0.05) is 11.1 Å². The van der Waals surface area contributed by atoms with Gasteiger partial charge in [0.25, 0.3) is 0 Å². The standard InChI is InChI=1S/C14H9N2O/c1-3-7-11(8-4-1)13-14(16-17-15-13)12-9-5-2-6-10-12/h1-9H. The van der Waals surface area contributed by atoms with Crippen molar-refractivity contribution in [3.8, 4) is 22.5 Å². The lowest BCUT2D eigenvalue weighted by atomic mass is 10.1. The molecule has 81 valence electrons. The minimum absolute atomic E-state index is 0.719. The Bertz CT molecular complexity index is 548. The van der Waals surface area contributed by atoms with Crippen molar-refractivity contribution >= 4 is 0 Å². The lowest BCUT2D eigenvalue weighted by molar-refractivity contribution is 0.310. The second kappa shape index (κ2) is 4.22. The van der Waals surface area contributed by atoms with Crippen LogP contribution in [0, 0.1) is 6.07 Å². The predicted molar refractivity (Wildman–Crippen MR) is 64.0 cm³/mol. The Labute approximate surface area is 98.7 Å². The molecule has 0 amide bonds. The summed E-state index contributed by atoms with van der Waals surface area (Å²) in [7, 11) is 0. The molecule has 17 heavy (non-hydrogen) atoms. The summed E-state index contributed by atoms with van der Waals surface area (Å²) < 4.78 is 4.83. The van der Waals surface area contributed by atoms with E-state index in [4.69, 9.17) is 4.63 Å². The molecule has 0 bridgehead atoms. The van der Waals surface area contributed by atoms with Gasteiger partial charge in [-0.05, 0) is 16.4 Å². The molecule has 0 aliphatic heterocycles. The third-order valence-electron chi connectivity index (χ3n) is 2.50. The third-order valence-corrected chi connectivity index (χ3v) is 2.50. The quantitative estimate of drug-likeness (QED) is 0.667. The van der Waals surface area contributed by atoms with Gasteiger partial charge in [-0.3, -0.25) is 0 Å². The largest absolute Gasteiger partial charge is 0.243 e. The predicted octanol–water partition coefficient (Wildman–Crippen LogP) is 3.20. The lowest BCUT2D eigenvalue weighted by Gasteiger charge is -1.98. The summed E-state index contributed by atoms with van der Waals surface area (Å²) in [6.45, 7) is 0. The van der Waals surface area contributed by atoms with Crippen LogP contribution in [0.3, 0.4) is 0 Å². The third kappa shape index (κ3) is 1.83. The first-order valence-corrected chi connectivity index (χ1v) is 5.30. The zero-order valence-corrected chi connectivity index (χ0v) is 9.00. The van der Waals surface area contributed by atoms with Gasteiger partial charge >= 0.3 is 0 Å². The van der Waals surface area contributed by atoms with Crippen LogP contribution in [0.4, 0.5) is 0 Å². The van der Waals surface area contributed by atoms with Crippen molar-refractivity contribution in [1.82, 2.24) is 10.3 Å². The summed E-state index contributed by atoms with van der Waals surface area (Å²) in [5.74, 6) is 0. The Hall–Kier alpha value is -2.42. The van der Waals surface area contributed by atoms with Crippen LogP contribution < -0.4 is 0 Å². The molecule has 3 aromatic rings. The van der Waals surface area contributed by atoms with Crippen LogP contribution in [-0.4, -0.2) is 10.3 Å². The molecular weight excluding hydrogens is 212 g/mol. The summed E-state index contributed by atoms with van der Waals surface area (Å²) in [5.41, 5.74) is 3.33. The molecule has 0 saturated carbocycles. The van der Waals surface area contributed by atoms with Crippen LogP contribution in [0.15, 0.2) is 59.2 Å². The Morgan fingerprint density at radius 1 is 0.824 bits per heavy atom. The molecule has 0 aliphatic carbocycles. The van der Waals surface area contributed by atoms with E-state index < -0.39 is 0 Å². The molecule has 3 heteroatoms. The van der Waals surface area contributed by atoms with Crippen LogP contribution >= 0.6 is 0 Å². The van der Waals surface area contributed by atoms with E-state index in [1.54, 1.807) is 0 Å². The molecule has 0 spiro atoms. The first-order chi connectivity index (χ1) is 8.45. The summed E-state index contributed by atoms with van der Waals surface area (Å²) >= 11 is 0. The highest BCUT2D eigenvalue weighted by molar-refractivity contribution is 5.76. The number of hydrogen-bond donors (Lipinski definition) is 0. The molecule has 1 radical (unpaired) electrons. The molecule has 0 aliphatic rings. The summed E-state index contributed by atoms with van der Waals surface area (Å²) in [4.78, 5) is 0. The Balaban J connectivity index is 2.13. The van der Waals surface area contributed by atoms with E-state index in [0.29, 0.717) is 0 Å². The van der Waals surface area contributed by atoms with E-state index in [2.05, 4.69) is 16.4 Å².